The average Bonchev–Trinajstić information content (AvgIpc) is 3.13. The zero-order valence-electron chi connectivity index (χ0n) is 11.2. The molecular formula is C15H16N4O. The van der Waals surface area contributed by atoms with Crippen molar-refractivity contribution in [3.05, 3.63) is 54.2 Å². The summed E-state index contributed by atoms with van der Waals surface area (Å²) >= 11 is 0. The minimum Gasteiger partial charge on any atom is -0.360 e. The first-order chi connectivity index (χ1) is 9.79. The van der Waals surface area contributed by atoms with Gasteiger partial charge in [0.1, 0.15) is 5.82 Å². The molecule has 0 radical (unpaired) electrons. The van der Waals surface area contributed by atoms with Gasteiger partial charge in [-0.05, 0) is 12.5 Å². The van der Waals surface area contributed by atoms with Gasteiger partial charge in [-0.1, -0.05) is 25.1 Å². The molecular weight excluding hydrogens is 252 g/mol. The molecule has 1 aromatic carbocycles. The van der Waals surface area contributed by atoms with Crippen molar-refractivity contribution >= 4 is 16.8 Å². The predicted molar refractivity (Wildman–Crippen MR) is 77.4 cm³/mol. The molecule has 1 unspecified atom stereocenters. The zero-order valence-corrected chi connectivity index (χ0v) is 11.2. The highest BCUT2D eigenvalue weighted by atomic mass is 16.1. The third-order valence-electron chi connectivity index (χ3n) is 3.40. The topological polar surface area (TPSA) is 73.6 Å². The molecule has 2 heterocycles. The van der Waals surface area contributed by atoms with Crippen LogP contribution in [0.4, 0.5) is 0 Å². The Morgan fingerprint density at radius 2 is 2.20 bits per heavy atom. The van der Waals surface area contributed by atoms with Crippen molar-refractivity contribution < 1.29 is 4.79 Å². The number of aromatic nitrogens is 3. The van der Waals surface area contributed by atoms with Crippen LogP contribution in [0.15, 0.2) is 42.9 Å². The molecule has 1 atom stereocenters. The van der Waals surface area contributed by atoms with E-state index in [1.807, 2.05) is 31.2 Å². The van der Waals surface area contributed by atoms with Gasteiger partial charge < -0.3 is 15.3 Å². The van der Waals surface area contributed by atoms with E-state index in [0.29, 0.717) is 5.56 Å². The highest BCUT2D eigenvalue weighted by Gasteiger charge is 2.18. The molecule has 0 fully saturated rings. The Labute approximate surface area is 116 Å². The molecule has 0 saturated carbocycles. The van der Waals surface area contributed by atoms with Crippen LogP contribution >= 0.6 is 0 Å². The Morgan fingerprint density at radius 1 is 1.35 bits per heavy atom. The second-order valence-corrected chi connectivity index (χ2v) is 4.66. The number of fused-ring (bicyclic) bond motifs is 1. The van der Waals surface area contributed by atoms with Gasteiger partial charge in [-0.3, -0.25) is 4.79 Å². The van der Waals surface area contributed by atoms with Crippen molar-refractivity contribution in [2.75, 3.05) is 0 Å². The molecule has 0 aliphatic rings. The van der Waals surface area contributed by atoms with E-state index in [-0.39, 0.29) is 11.9 Å². The molecule has 102 valence electrons. The Morgan fingerprint density at radius 3 is 2.95 bits per heavy atom. The number of carbonyl (C=O) groups is 1. The lowest BCUT2D eigenvalue weighted by molar-refractivity contribution is 0.0935. The van der Waals surface area contributed by atoms with Gasteiger partial charge in [0.2, 0.25) is 0 Å². The Hall–Kier alpha value is -2.56. The molecule has 5 nitrogen and oxygen atoms in total. The van der Waals surface area contributed by atoms with Gasteiger partial charge in [-0.2, -0.15) is 0 Å². The number of imidazole rings is 1. The van der Waals surface area contributed by atoms with Gasteiger partial charge in [0.25, 0.3) is 5.91 Å². The normalized spacial score (nSPS) is 12.4. The van der Waals surface area contributed by atoms with Crippen molar-refractivity contribution in [2.24, 2.45) is 0 Å². The molecule has 3 N–H and O–H groups in total. The third-order valence-corrected chi connectivity index (χ3v) is 3.40. The molecule has 5 heteroatoms. The number of rotatable bonds is 4. The minimum atomic E-state index is -0.105. The molecule has 3 aromatic rings. The second kappa shape index (κ2) is 5.21. The average molecular weight is 268 g/mol. The third kappa shape index (κ3) is 2.18. The number of carbonyl (C=O) groups excluding carboxylic acids is 1. The van der Waals surface area contributed by atoms with Gasteiger partial charge in [0.15, 0.2) is 0 Å². The molecule has 0 spiro atoms. The number of nitrogens with zero attached hydrogens (tertiary/aromatic N) is 1. The largest absolute Gasteiger partial charge is 0.360 e. The molecule has 0 aliphatic heterocycles. The lowest BCUT2D eigenvalue weighted by Gasteiger charge is -2.14. The minimum absolute atomic E-state index is 0.0919. The monoisotopic (exact) mass is 268 g/mol. The fourth-order valence-electron chi connectivity index (χ4n) is 2.33. The lowest BCUT2D eigenvalue weighted by atomic mass is 10.1. The van der Waals surface area contributed by atoms with Crippen LogP contribution in [0.25, 0.3) is 10.9 Å². The maximum Gasteiger partial charge on any atom is 0.254 e. The summed E-state index contributed by atoms with van der Waals surface area (Å²) in [5.74, 6) is 0.686. The van der Waals surface area contributed by atoms with E-state index in [9.17, 15) is 4.79 Å². The fourth-order valence-corrected chi connectivity index (χ4v) is 2.33. The van der Waals surface area contributed by atoms with Crippen LogP contribution in [0.1, 0.15) is 35.6 Å². The van der Waals surface area contributed by atoms with E-state index in [2.05, 4.69) is 20.3 Å². The van der Waals surface area contributed by atoms with Crippen molar-refractivity contribution in [1.82, 2.24) is 20.3 Å². The number of hydrogen-bond donors (Lipinski definition) is 3. The van der Waals surface area contributed by atoms with Crippen molar-refractivity contribution in [3.8, 4) is 0 Å². The number of aromatic amines is 2. The van der Waals surface area contributed by atoms with Gasteiger partial charge in [-0.25, -0.2) is 4.98 Å². The molecule has 20 heavy (non-hydrogen) atoms. The number of amides is 1. The van der Waals surface area contributed by atoms with E-state index in [4.69, 9.17) is 0 Å². The van der Waals surface area contributed by atoms with Crippen LogP contribution in [0, 0.1) is 0 Å². The standard InChI is InChI=1S/C15H16N4O/c1-2-12(14-16-7-8-17-14)19-15(20)11-9-18-13-6-4-3-5-10(11)13/h3-9,12,18H,2H2,1H3,(H,16,17)(H,19,20). The zero-order chi connectivity index (χ0) is 13.9. The Bertz CT molecular complexity index is 714. The van der Waals surface area contributed by atoms with Gasteiger partial charge in [-0.15, -0.1) is 0 Å². The molecule has 0 bridgehead atoms. The van der Waals surface area contributed by atoms with Crippen molar-refractivity contribution in [3.63, 3.8) is 0 Å². The van der Waals surface area contributed by atoms with Crippen molar-refractivity contribution in [2.45, 2.75) is 19.4 Å². The number of nitrogens with one attached hydrogen (secondary N) is 3. The van der Waals surface area contributed by atoms with E-state index in [1.54, 1.807) is 18.6 Å². The highest BCUT2D eigenvalue weighted by Crippen LogP contribution is 2.19. The van der Waals surface area contributed by atoms with E-state index < -0.39 is 0 Å². The van der Waals surface area contributed by atoms with Gasteiger partial charge in [0.05, 0.1) is 11.6 Å². The number of H-pyrrole nitrogens is 2. The predicted octanol–water partition coefficient (Wildman–Crippen LogP) is 2.77. The Kier molecular flexibility index (Phi) is 3.25. The van der Waals surface area contributed by atoms with E-state index in [1.165, 1.54) is 0 Å². The van der Waals surface area contributed by atoms with E-state index >= 15 is 0 Å². The molecule has 0 aliphatic carbocycles. The summed E-state index contributed by atoms with van der Waals surface area (Å²) in [6.07, 6.45) is 5.97. The first kappa shape index (κ1) is 12.5. The molecule has 0 saturated heterocycles. The van der Waals surface area contributed by atoms with Crippen LogP contribution < -0.4 is 5.32 Å². The second-order valence-electron chi connectivity index (χ2n) is 4.66. The van der Waals surface area contributed by atoms with Crippen LogP contribution in [0.2, 0.25) is 0 Å². The number of benzene rings is 1. The summed E-state index contributed by atoms with van der Waals surface area (Å²) < 4.78 is 0. The first-order valence-electron chi connectivity index (χ1n) is 6.66. The van der Waals surface area contributed by atoms with Gasteiger partial charge in [0, 0.05) is 29.5 Å². The fraction of sp³-hybridized carbons (Fsp3) is 0.200. The van der Waals surface area contributed by atoms with Crippen LogP contribution in [0.5, 0.6) is 0 Å². The smallest absolute Gasteiger partial charge is 0.254 e. The summed E-state index contributed by atoms with van der Waals surface area (Å²) in [4.78, 5) is 22.8. The molecule has 2 aromatic heterocycles. The number of hydrogen-bond acceptors (Lipinski definition) is 2. The molecule has 3 rings (SSSR count). The summed E-state index contributed by atoms with van der Waals surface area (Å²) in [7, 11) is 0. The summed E-state index contributed by atoms with van der Waals surface area (Å²) in [6.45, 7) is 2.02. The number of para-hydroxylation sites is 1. The van der Waals surface area contributed by atoms with Crippen molar-refractivity contribution in [1.29, 1.82) is 0 Å². The van der Waals surface area contributed by atoms with Crippen LogP contribution in [0.3, 0.4) is 0 Å². The first-order valence-corrected chi connectivity index (χ1v) is 6.66. The maximum absolute atomic E-state index is 12.4. The summed E-state index contributed by atoms with van der Waals surface area (Å²) in [5, 5.41) is 3.94. The highest BCUT2D eigenvalue weighted by molar-refractivity contribution is 6.06. The quantitative estimate of drug-likeness (QED) is 0.680. The Balaban J connectivity index is 1.85. The maximum atomic E-state index is 12.4. The molecule has 1 amide bonds. The summed E-state index contributed by atoms with van der Waals surface area (Å²) in [5.41, 5.74) is 1.62. The SMILES string of the molecule is CCC(NC(=O)c1c[nH]c2ccccc12)c1ncc[nH]1. The van der Waals surface area contributed by atoms with Crippen LogP contribution in [-0.4, -0.2) is 20.9 Å². The van der Waals surface area contributed by atoms with Crippen LogP contribution in [-0.2, 0) is 0 Å². The lowest BCUT2D eigenvalue weighted by Crippen LogP contribution is -2.28. The van der Waals surface area contributed by atoms with E-state index in [0.717, 1.165) is 23.1 Å². The summed E-state index contributed by atoms with van der Waals surface area (Å²) in [6, 6.07) is 7.66. The van der Waals surface area contributed by atoms with Gasteiger partial charge >= 0.3 is 0 Å².